The third kappa shape index (κ3) is 2.77. The summed E-state index contributed by atoms with van der Waals surface area (Å²) in [6.07, 6.45) is 0. The molecule has 0 N–H and O–H groups in total. The Balaban J connectivity index is 2.57. The Morgan fingerprint density at radius 1 is 1.15 bits per heavy atom. The number of anilines is 1. The van der Waals surface area contributed by atoms with Crippen LogP contribution in [0.5, 0.6) is 0 Å². The zero-order valence-electron chi connectivity index (χ0n) is 11.8. The minimum Gasteiger partial charge on any atom is -0.357 e. The zero-order valence-corrected chi connectivity index (χ0v) is 11.8. The fraction of sp³-hybridized carbons (Fsp3) is 0.267. The first-order valence-electron chi connectivity index (χ1n) is 6.44. The number of nitro groups is 1. The highest BCUT2D eigenvalue weighted by Crippen LogP contribution is 2.30. The normalized spacial score (nSPS) is 10.6. The summed E-state index contributed by atoms with van der Waals surface area (Å²) >= 11 is 0. The molecule has 0 aliphatic rings. The van der Waals surface area contributed by atoms with E-state index >= 15 is 0 Å². The average molecular weight is 271 g/mol. The molecule has 0 unspecified atom stereocenters. The lowest BCUT2D eigenvalue weighted by Crippen LogP contribution is -2.26. The van der Waals surface area contributed by atoms with E-state index in [2.05, 4.69) is 4.98 Å². The van der Waals surface area contributed by atoms with E-state index in [1.165, 1.54) is 6.07 Å². The van der Waals surface area contributed by atoms with Gasteiger partial charge in [-0.3, -0.25) is 10.1 Å². The number of nitrogens with zero attached hydrogens (tertiary/aromatic N) is 3. The maximum atomic E-state index is 11.2. The Morgan fingerprint density at radius 3 is 2.35 bits per heavy atom. The second-order valence-electron chi connectivity index (χ2n) is 4.86. The van der Waals surface area contributed by atoms with E-state index in [0.29, 0.717) is 5.69 Å². The van der Waals surface area contributed by atoms with Crippen molar-refractivity contribution in [2.75, 3.05) is 11.9 Å². The van der Waals surface area contributed by atoms with Crippen molar-refractivity contribution in [3.05, 3.63) is 52.6 Å². The molecule has 104 valence electrons. The van der Waals surface area contributed by atoms with E-state index in [4.69, 9.17) is 0 Å². The molecule has 0 saturated heterocycles. The fourth-order valence-electron chi connectivity index (χ4n) is 1.86. The zero-order chi connectivity index (χ0) is 14.7. The highest BCUT2D eigenvalue weighted by atomic mass is 16.6. The maximum Gasteiger partial charge on any atom is 0.295 e. The Morgan fingerprint density at radius 2 is 1.80 bits per heavy atom. The van der Waals surface area contributed by atoms with Crippen LogP contribution in [0.3, 0.4) is 0 Å². The quantitative estimate of drug-likeness (QED) is 0.630. The number of benzene rings is 1. The summed E-state index contributed by atoms with van der Waals surface area (Å²) in [5, 5.41) is 11.2. The standard InChI is InChI=1S/C15H17N3O2/c1-11(2)17(3)14-10-9-13(18(19)20)15(16-14)12-7-5-4-6-8-12/h4-11H,1-3H3. The van der Waals surface area contributed by atoms with Gasteiger partial charge in [0.2, 0.25) is 0 Å². The third-order valence-electron chi connectivity index (χ3n) is 3.24. The van der Waals surface area contributed by atoms with Gasteiger partial charge in [-0.25, -0.2) is 4.98 Å². The van der Waals surface area contributed by atoms with Gasteiger partial charge in [-0.1, -0.05) is 30.3 Å². The van der Waals surface area contributed by atoms with Crippen molar-refractivity contribution in [2.45, 2.75) is 19.9 Å². The van der Waals surface area contributed by atoms with Crippen LogP contribution in [0.25, 0.3) is 11.3 Å². The SMILES string of the molecule is CC(C)N(C)c1ccc([N+](=O)[O-])c(-c2ccccc2)n1. The lowest BCUT2D eigenvalue weighted by atomic mass is 10.1. The molecule has 1 heterocycles. The van der Waals surface area contributed by atoms with Crippen LogP contribution in [0.2, 0.25) is 0 Å². The van der Waals surface area contributed by atoms with Gasteiger partial charge in [0.15, 0.2) is 5.69 Å². The van der Waals surface area contributed by atoms with Crippen LogP contribution in [0.15, 0.2) is 42.5 Å². The number of hydrogen-bond donors (Lipinski definition) is 0. The van der Waals surface area contributed by atoms with Crippen LogP contribution in [0.1, 0.15) is 13.8 Å². The van der Waals surface area contributed by atoms with E-state index in [0.717, 1.165) is 11.4 Å². The molecule has 1 aromatic heterocycles. The van der Waals surface area contributed by atoms with E-state index < -0.39 is 4.92 Å². The van der Waals surface area contributed by atoms with Crippen molar-refractivity contribution in [3.8, 4) is 11.3 Å². The van der Waals surface area contributed by atoms with E-state index in [-0.39, 0.29) is 11.7 Å². The summed E-state index contributed by atoms with van der Waals surface area (Å²) in [5.74, 6) is 0.726. The molecule has 0 atom stereocenters. The molecule has 0 aliphatic carbocycles. The molecule has 0 aliphatic heterocycles. The summed E-state index contributed by atoms with van der Waals surface area (Å²) in [6, 6.07) is 12.7. The molecule has 0 fully saturated rings. The fourth-order valence-corrected chi connectivity index (χ4v) is 1.86. The van der Waals surface area contributed by atoms with Crippen molar-refractivity contribution < 1.29 is 4.92 Å². The lowest BCUT2D eigenvalue weighted by molar-refractivity contribution is -0.384. The van der Waals surface area contributed by atoms with Crippen LogP contribution in [-0.2, 0) is 0 Å². The van der Waals surface area contributed by atoms with Gasteiger partial charge in [0.1, 0.15) is 5.82 Å². The molecule has 1 aromatic carbocycles. The number of pyridine rings is 1. The molecule has 2 aromatic rings. The maximum absolute atomic E-state index is 11.2. The first-order chi connectivity index (χ1) is 9.50. The summed E-state index contributed by atoms with van der Waals surface area (Å²) in [7, 11) is 1.92. The predicted molar refractivity (Wildman–Crippen MR) is 79.9 cm³/mol. The van der Waals surface area contributed by atoms with Crippen LogP contribution in [0.4, 0.5) is 11.5 Å². The molecule has 5 nitrogen and oxygen atoms in total. The summed E-state index contributed by atoms with van der Waals surface area (Å²) in [5.41, 5.74) is 1.18. The summed E-state index contributed by atoms with van der Waals surface area (Å²) in [4.78, 5) is 17.2. The average Bonchev–Trinajstić information content (AvgIpc) is 2.46. The Labute approximate surface area is 118 Å². The highest BCUT2D eigenvalue weighted by Gasteiger charge is 2.19. The van der Waals surface area contributed by atoms with Gasteiger partial charge >= 0.3 is 0 Å². The predicted octanol–water partition coefficient (Wildman–Crippen LogP) is 3.50. The van der Waals surface area contributed by atoms with Gasteiger partial charge in [0.25, 0.3) is 5.69 Å². The van der Waals surface area contributed by atoms with Crippen molar-refractivity contribution >= 4 is 11.5 Å². The van der Waals surface area contributed by atoms with Gasteiger partial charge < -0.3 is 4.90 Å². The summed E-state index contributed by atoms with van der Waals surface area (Å²) < 4.78 is 0. The molecular formula is C15H17N3O2. The van der Waals surface area contributed by atoms with Crippen LogP contribution in [0, 0.1) is 10.1 Å². The van der Waals surface area contributed by atoms with E-state index in [1.807, 2.05) is 56.1 Å². The Kier molecular flexibility index (Phi) is 3.98. The number of aromatic nitrogens is 1. The monoisotopic (exact) mass is 271 g/mol. The molecule has 0 radical (unpaired) electrons. The first-order valence-corrected chi connectivity index (χ1v) is 6.44. The molecule has 2 rings (SSSR count). The molecule has 0 amide bonds. The topological polar surface area (TPSA) is 59.3 Å². The Bertz CT molecular complexity index is 612. The molecular weight excluding hydrogens is 254 g/mol. The van der Waals surface area contributed by atoms with Gasteiger partial charge in [-0.05, 0) is 19.9 Å². The number of hydrogen-bond acceptors (Lipinski definition) is 4. The van der Waals surface area contributed by atoms with Gasteiger partial charge in [-0.15, -0.1) is 0 Å². The van der Waals surface area contributed by atoms with Crippen molar-refractivity contribution in [1.29, 1.82) is 0 Å². The molecule has 0 spiro atoms. The minimum atomic E-state index is -0.394. The van der Waals surface area contributed by atoms with Gasteiger partial charge in [-0.2, -0.15) is 0 Å². The molecule has 20 heavy (non-hydrogen) atoms. The summed E-state index contributed by atoms with van der Waals surface area (Å²) in [6.45, 7) is 4.09. The molecule has 5 heteroatoms. The van der Waals surface area contributed by atoms with E-state index in [1.54, 1.807) is 6.07 Å². The van der Waals surface area contributed by atoms with Gasteiger partial charge in [0, 0.05) is 24.7 Å². The molecule has 0 bridgehead atoms. The van der Waals surface area contributed by atoms with Crippen molar-refractivity contribution in [1.82, 2.24) is 4.98 Å². The highest BCUT2D eigenvalue weighted by molar-refractivity contribution is 5.71. The first kappa shape index (κ1) is 14.0. The van der Waals surface area contributed by atoms with Crippen LogP contribution >= 0.6 is 0 Å². The number of rotatable bonds is 4. The minimum absolute atomic E-state index is 0.0251. The van der Waals surface area contributed by atoms with Crippen LogP contribution in [-0.4, -0.2) is 23.0 Å². The molecule has 0 saturated carbocycles. The van der Waals surface area contributed by atoms with Gasteiger partial charge in [0.05, 0.1) is 4.92 Å². The Hall–Kier alpha value is -2.43. The lowest BCUT2D eigenvalue weighted by Gasteiger charge is -2.22. The van der Waals surface area contributed by atoms with E-state index in [9.17, 15) is 10.1 Å². The smallest absolute Gasteiger partial charge is 0.295 e. The van der Waals surface area contributed by atoms with Crippen molar-refractivity contribution in [2.24, 2.45) is 0 Å². The van der Waals surface area contributed by atoms with Crippen molar-refractivity contribution in [3.63, 3.8) is 0 Å². The van der Waals surface area contributed by atoms with Crippen LogP contribution < -0.4 is 4.90 Å². The second kappa shape index (κ2) is 5.69. The largest absolute Gasteiger partial charge is 0.357 e. The second-order valence-corrected chi connectivity index (χ2v) is 4.86. The third-order valence-corrected chi connectivity index (χ3v) is 3.24.